The molecule has 0 saturated heterocycles. The van der Waals surface area contributed by atoms with E-state index in [4.69, 9.17) is 0 Å². The fraction of sp³-hybridized carbons (Fsp3) is 0.286. The van der Waals surface area contributed by atoms with Crippen molar-refractivity contribution in [1.29, 1.82) is 0 Å². The zero-order valence-corrected chi connectivity index (χ0v) is 10.9. The first-order valence-electron chi connectivity index (χ1n) is 6.43. The second-order valence-corrected chi connectivity index (χ2v) is 4.64. The third-order valence-electron chi connectivity index (χ3n) is 3.32. The SMILES string of the molecule is Cn1cnnc1CCNCc1c[nH]c2ccccc12. The van der Waals surface area contributed by atoms with Gasteiger partial charge in [-0.05, 0) is 11.6 Å². The third-order valence-corrected chi connectivity index (χ3v) is 3.32. The largest absolute Gasteiger partial charge is 0.361 e. The number of nitrogens with one attached hydrogen (secondary N) is 2. The summed E-state index contributed by atoms with van der Waals surface area (Å²) in [5.41, 5.74) is 2.49. The molecule has 3 rings (SSSR count). The lowest BCUT2D eigenvalue weighted by Gasteiger charge is -2.03. The van der Waals surface area contributed by atoms with Crippen molar-refractivity contribution in [3.8, 4) is 0 Å². The van der Waals surface area contributed by atoms with Gasteiger partial charge in [0.25, 0.3) is 0 Å². The normalized spacial score (nSPS) is 11.2. The van der Waals surface area contributed by atoms with Crippen LogP contribution in [0.5, 0.6) is 0 Å². The van der Waals surface area contributed by atoms with Crippen LogP contribution in [0, 0.1) is 0 Å². The molecule has 0 amide bonds. The van der Waals surface area contributed by atoms with Crippen LogP contribution in [-0.4, -0.2) is 26.3 Å². The summed E-state index contributed by atoms with van der Waals surface area (Å²) >= 11 is 0. The lowest BCUT2D eigenvalue weighted by atomic mass is 10.2. The summed E-state index contributed by atoms with van der Waals surface area (Å²) in [6, 6.07) is 8.35. The maximum atomic E-state index is 4.07. The van der Waals surface area contributed by atoms with Crippen LogP contribution >= 0.6 is 0 Å². The highest BCUT2D eigenvalue weighted by molar-refractivity contribution is 5.82. The van der Waals surface area contributed by atoms with Crippen LogP contribution in [0.25, 0.3) is 10.9 Å². The van der Waals surface area contributed by atoms with Crippen molar-refractivity contribution < 1.29 is 0 Å². The number of aryl methyl sites for hydroxylation is 1. The van der Waals surface area contributed by atoms with Crippen LogP contribution in [-0.2, 0) is 20.0 Å². The van der Waals surface area contributed by atoms with E-state index in [0.29, 0.717) is 0 Å². The van der Waals surface area contributed by atoms with E-state index < -0.39 is 0 Å². The van der Waals surface area contributed by atoms with Crippen LogP contribution in [0.4, 0.5) is 0 Å². The van der Waals surface area contributed by atoms with Gasteiger partial charge in [-0.1, -0.05) is 18.2 Å². The molecule has 2 N–H and O–H groups in total. The zero-order valence-electron chi connectivity index (χ0n) is 10.9. The molecule has 0 atom stereocenters. The van der Waals surface area contributed by atoms with E-state index in [-0.39, 0.29) is 0 Å². The second-order valence-electron chi connectivity index (χ2n) is 4.64. The van der Waals surface area contributed by atoms with Crippen molar-refractivity contribution in [2.24, 2.45) is 7.05 Å². The minimum atomic E-state index is 0.863. The number of para-hydroxylation sites is 1. The molecule has 0 radical (unpaired) electrons. The molecule has 5 nitrogen and oxygen atoms in total. The molecule has 0 saturated carbocycles. The van der Waals surface area contributed by atoms with E-state index in [0.717, 1.165) is 25.3 Å². The molecule has 2 heterocycles. The molecule has 0 aliphatic carbocycles. The number of aromatic amines is 1. The molecule has 0 unspecified atom stereocenters. The maximum absolute atomic E-state index is 4.07. The average Bonchev–Trinajstić information content (AvgIpc) is 3.02. The lowest BCUT2D eigenvalue weighted by Crippen LogP contribution is -2.18. The Morgan fingerprint density at radius 3 is 3.05 bits per heavy atom. The fourth-order valence-electron chi connectivity index (χ4n) is 2.23. The highest BCUT2D eigenvalue weighted by atomic mass is 15.2. The van der Waals surface area contributed by atoms with Gasteiger partial charge in [0.1, 0.15) is 12.2 Å². The Kier molecular flexibility index (Phi) is 3.29. The summed E-state index contributed by atoms with van der Waals surface area (Å²) in [6.45, 7) is 1.76. The van der Waals surface area contributed by atoms with E-state index in [9.17, 15) is 0 Å². The first-order chi connectivity index (χ1) is 9.34. The Bertz CT molecular complexity index is 667. The van der Waals surface area contributed by atoms with E-state index in [1.165, 1.54) is 16.5 Å². The second kappa shape index (κ2) is 5.24. The van der Waals surface area contributed by atoms with Crippen LogP contribution in [0.1, 0.15) is 11.4 Å². The summed E-state index contributed by atoms with van der Waals surface area (Å²) in [4.78, 5) is 3.29. The topological polar surface area (TPSA) is 58.5 Å². The van der Waals surface area contributed by atoms with Crippen molar-refractivity contribution in [2.75, 3.05) is 6.54 Å². The van der Waals surface area contributed by atoms with Gasteiger partial charge in [0.2, 0.25) is 0 Å². The van der Waals surface area contributed by atoms with E-state index in [2.05, 4.69) is 44.9 Å². The van der Waals surface area contributed by atoms with E-state index in [1.807, 2.05) is 17.7 Å². The Morgan fingerprint density at radius 2 is 2.21 bits per heavy atom. The molecule has 0 bridgehead atoms. The van der Waals surface area contributed by atoms with E-state index in [1.54, 1.807) is 6.33 Å². The number of fused-ring (bicyclic) bond motifs is 1. The smallest absolute Gasteiger partial charge is 0.133 e. The van der Waals surface area contributed by atoms with Gasteiger partial charge in [-0.3, -0.25) is 0 Å². The van der Waals surface area contributed by atoms with Gasteiger partial charge < -0.3 is 14.9 Å². The van der Waals surface area contributed by atoms with Crippen LogP contribution < -0.4 is 5.32 Å². The minimum absolute atomic E-state index is 0.863. The van der Waals surface area contributed by atoms with Crippen LogP contribution in [0.2, 0.25) is 0 Å². The summed E-state index contributed by atoms with van der Waals surface area (Å²) in [7, 11) is 1.97. The van der Waals surface area contributed by atoms with Crippen molar-refractivity contribution in [1.82, 2.24) is 25.1 Å². The Balaban J connectivity index is 1.57. The molecule has 3 aromatic rings. The van der Waals surface area contributed by atoms with Crippen molar-refractivity contribution in [3.63, 3.8) is 0 Å². The summed E-state index contributed by atoms with van der Waals surface area (Å²) < 4.78 is 1.95. The maximum Gasteiger partial charge on any atom is 0.133 e. The Hall–Kier alpha value is -2.14. The van der Waals surface area contributed by atoms with Gasteiger partial charge in [0.05, 0.1) is 0 Å². The highest BCUT2D eigenvalue weighted by Gasteiger charge is 2.03. The minimum Gasteiger partial charge on any atom is -0.361 e. The zero-order chi connectivity index (χ0) is 13.1. The van der Waals surface area contributed by atoms with Gasteiger partial charge in [-0.2, -0.15) is 0 Å². The molecular formula is C14H17N5. The first kappa shape index (κ1) is 11.9. The summed E-state index contributed by atoms with van der Waals surface area (Å²) in [5, 5.41) is 12.7. The van der Waals surface area contributed by atoms with Gasteiger partial charge in [0, 0.05) is 43.7 Å². The highest BCUT2D eigenvalue weighted by Crippen LogP contribution is 2.17. The van der Waals surface area contributed by atoms with Crippen molar-refractivity contribution in [3.05, 3.63) is 48.2 Å². The molecule has 98 valence electrons. The predicted molar refractivity (Wildman–Crippen MR) is 74.7 cm³/mol. The van der Waals surface area contributed by atoms with E-state index >= 15 is 0 Å². The molecule has 0 fully saturated rings. The monoisotopic (exact) mass is 255 g/mol. The van der Waals surface area contributed by atoms with Gasteiger partial charge in [-0.15, -0.1) is 10.2 Å². The standard InChI is InChI=1S/C14H17N5/c1-19-10-17-18-14(19)6-7-15-8-11-9-16-13-5-3-2-4-12(11)13/h2-5,9-10,15-16H,6-8H2,1H3. The predicted octanol–water partition coefficient (Wildman–Crippen LogP) is 1.63. The first-order valence-corrected chi connectivity index (χ1v) is 6.43. The molecule has 0 aliphatic heterocycles. The Labute approximate surface area is 111 Å². The van der Waals surface area contributed by atoms with Gasteiger partial charge in [0.15, 0.2) is 0 Å². The quantitative estimate of drug-likeness (QED) is 0.681. The number of hydrogen-bond donors (Lipinski definition) is 2. The number of H-pyrrole nitrogens is 1. The third kappa shape index (κ3) is 2.51. The molecule has 1 aromatic carbocycles. The van der Waals surface area contributed by atoms with Gasteiger partial charge in [-0.25, -0.2) is 0 Å². The summed E-state index contributed by atoms with van der Waals surface area (Å²) in [5.74, 6) is 1.01. The molecule has 2 aromatic heterocycles. The van der Waals surface area contributed by atoms with Crippen LogP contribution in [0.3, 0.4) is 0 Å². The molecule has 0 spiro atoms. The number of rotatable bonds is 5. The number of aromatic nitrogens is 4. The number of hydrogen-bond acceptors (Lipinski definition) is 3. The lowest BCUT2D eigenvalue weighted by molar-refractivity contribution is 0.655. The fourth-order valence-corrected chi connectivity index (χ4v) is 2.23. The molecule has 5 heteroatoms. The van der Waals surface area contributed by atoms with Gasteiger partial charge >= 0.3 is 0 Å². The van der Waals surface area contributed by atoms with Crippen molar-refractivity contribution >= 4 is 10.9 Å². The molecular weight excluding hydrogens is 238 g/mol. The Morgan fingerprint density at radius 1 is 1.32 bits per heavy atom. The number of nitrogens with zero attached hydrogens (tertiary/aromatic N) is 3. The molecule has 0 aliphatic rings. The van der Waals surface area contributed by atoms with Crippen LogP contribution in [0.15, 0.2) is 36.8 Å². The number of benzene rings is 1. The van der Waals surface area contributed by atoms with Crippen molar-refractivity contribution in [2.45, 2.75) is 13.0 Å². The summed E-state index contributed by atoms with van der Waals surface area (Å²) in [6.07, 6.45) is 4.69. The average molecular weight is 255 g/mol. The molecule has 19 heavy (non-hydrogen) atoms.